The van der Waals surface area contributed by atoms with E-state index in [1.54, 1.807) is 0 Å². The van der Waals surface area contributed by atoms with E-state index in [9.17, 15) is 0 Å². The summed E-state index contributed by atoms with van der Waals surface area (Å²) in [5.74, 6) is 0. The second-order valence-electron chi connectivity index (χ2n) is 11.0. The normalized spacial score (nSPS) is 14.6. The molecule has 0 spiro atoms. The fourth-order valence-corrected chi connectivity index (χ4v) is 9.94. The highest BCUT2D eigenvalue weighted by Gasteiger charge is 2.50. The van der Waals surface area contributed by atoms with Gasteiger partial charge < -0.3 is 8.85 Å². The molecule has 0 radical (unpaired) electrons. The van der Waals surface area contributed by atoms with Crippen LogP contribution in [0.25, 0.3) is 0 Å². The molecular weight excluding hydrogens is 400 g/mol. The summed E-state index contributed by atoms with van der Waals surface area (Å²) in [4.78, 5) is 0. The molecule has 1 unspecified atom stereocenters. The number of hydrogen-bond acceptors (Lipinski definition) is 2. The zero-order chi connectivity index (χ0) is 22.6. The molecule has 0 bridgehead atoms. The van der Waals surface area contributed by atoms with Crippen molar-refractivity contribution in [1.82, 2.24) is 0 Å². The van der Waals surface area contributed by atoms with Crippen LogP contribution in [0, 0.1) is 0 Å². The smallest absolute Gasteiger partial charge is 0.261 e. The zero-order valence-corrected chi connectivity index (χ0v) is 22.6. The minimum atomic E-state index is -2.46. The SMILES string of the molecule is CC(CCO[Si](c1ccccc1)(c1ccccc1)C(C)(C)C)O[Si](C)(C)C(C)(C)C. The molecule has 166 valence electrons. The van der Waals surface area contributed by atoms with Gasteiger partial charge in [-0.25, -0.2) is 0 Å². The van der Waals surface area contributed by atoms with Crippen molar-refractivity contribution in [2.75, 3.05) is 6.61 Å². The Morgan fingerprint density at radius 1 is 0.733 bits per heavy atom. The quantitative estimate of drug-likeness (QED) is 0.443. The number of benzene rings is 2. The molecular formula is C26H42O2Si2. The third kappa shape index (κ3) is 5.53. The minimum absolute atomic E-state index is 0.0131. The second-order valence-corrected chi connectivity index (χ2v) is 20.1. The molecule has 0 heterocycles. The monoisotopic (exact) mass is 442 g/mol. The molecule has 2 aromatic rings. The fraction of sp³-hybridized carbons (Fsp3) is 0.538. The van der Waals surface area contributed by atoms with E-state index in [2.05, 4.69) is 122 Å². The van der Waals surface area contributed by atoms with Crippen LogP contribution in [-0.2, 0) is 8.85 Å². The molecule has 2 aromatic carbocycles. The Kier molecular flexibility index (Phi) is 7.95. The van der Waals surface area contributed by atoms with E-state index >= 15 is 0 Å². The van der Waals surface area contributed by atoms with E-state index in [4.69, 9.17) is 8.85 Å². The van der Waals surface area contributed by atoms with E-state index < -0.39 is 16.6 Å². The van der Waals surface area contributed by atoms with Crippen LogP contribution in [0.3, 0.4) is 0 Å². The van der Waals surface area contributed by atoms with E-state index in [1.807, 2.05) is 0 Å². The molecule has 2 nitrogen and oxygen atoms in total. The van der Waals surface area contributed by atoms with E-state index in [1.165, 1.54) is 10.4 Å². The van der Waals surface area contributed by atoms with Gasteiger partial charge in [-0.15, -0.1) is 0 Å². The summed E-state index contributed by atoms with van der Waals surface area (Å²) in [5.41, 5.74) is 0. The van der Waals surface area contributed by atoms with Gasteiger partial charge in [-0.1, -0.05) is 102 Å². The van der Waals surface area contributed by atoms with Crippen LogP contribution in [0.5, 0.6) is 0 Å². The Bertz CT molecular complexity index is 735. The fourth-order valence-electron chi connectivity index (χ4n) is 3.88. The summed E-state index contributed by atoms with van der Waals surface area (Å²) in [6.07, 6.45) is 1.11. The molecule has 0 aromatic heterocycles. The van der Waals surface area contributed by atoms with Crippen LogP contribution in [-0.4, -0.2) is 29.3 Å². The van der Waals surface area contributed by atoms with Gasteiger partial charge in [0.15, 0.2) is 8.32 Å². The summed E-state index contributed by atoms with van der Waals surface area (Å²) in [5, 5.41) is 2.91. The predicted octanol–water partition coefficient (Wildman–Crippen LogP) is 6.36. The van der Waals surface area contributed by atoms with Crippen molar-refractivity contribution in [2.45, 2.75) is 84.2 Å². The van der Waals surface area contributed by atoms with Crippen molar-refractivity contribution < 1.29 is 8.85 Å². The highest BCUT2D eigenvalue weighted by atomic mass is 28.4. The highest BCUT2D eigenvalue weighted by molar-refractivity contribution is 6.99. The first-order valence-electron chi connectivity index (χ1n) is 11.2. The summed E-state index contributed by atoms with van der Waals surface area (Å²) >= 11 is 0. The lowest BCUT2D eigenvalue weighted by Crippen LogP contribution is -2.66. The van der Waals surface area contributed by atoms with Gasteiger partial charge in [-0.3, -0.25) is 0 Å². The van der Waals surface area contributed by atoms with Crippen LogP contribution >= 0.6 is 0 Å². The number of hydrogen-bond donors (Lipinski definition) is 0. The van der Waals surface area contributed by atoms with Gasteiger partial charge in [-0.2, -0.15) is 0 Å². The molecule has 30 heavy (non-hydrogen) atoms. The third-order valence-corrected chi connectivity index (χ3v) is 16.2. The van der Waals surface area contributed by atoms with E-state index in [0.717, 1.165) is 6.42 Å². The lowest BCUT2D eigenvalue weighted by molar-refractivity contribution is 0.158. The molecule has 2 rings (SSSR count). The van der Waals surface area contributed by atoms with Gasteiger partial charge in [0.1, 0.15) is 0 Å². The second kappa shape index (κ2) is 9.51. The average Bonchev–Trinajstić information content (AvgIpc) is 2.64. The summed E-state index contributed by atoms with van der Waals surface area (Å²) in [7, 11) is -4.23. The molecule has 0 fully saturated rings. The molecule has 0 aliphatic carbocycles. The molecule has 0 amide bonds. The van der Waals surface area contributed by atoms with Gasteiger partial charge >= 0.3 is 0 Å². The molecule has 0 saturated heterocycles. The first-order valence-corrected chi connectivity index (χ1v) is 16.1. The Hall–Kier alpha value is -1.21. The van der Waals surface area contributed by atoms with E-state index in [-0.39, 0.29) is 16.2 Å². The Morgan fingerprint density at radius 3 is 1.53 bits per heavy atom. The van der Waals surface area contributed by atoms with Crippen molar-refractivity contribution >= 4 is 27.0 Å². The maximum absolute atomic E-state index is 7.01. The first-order chi connectivity index (χ1) is 13.8. The van der Waals surface area contributed by atoms with Gasteiger partial charge in [0.2, 0.25) is 0 Å². The van der Waals surface area contributed by atoms with Gasteiger partial charge in [0.05, 0.1) is 0 Å². The van der Waals surface area contributed by atoms with Crippen molar-refractivity contribution in [1.29, 1.82) is 0 Å². The van der Waals surface area contributed by atoms with Gasteiger partial charge in [0, 0.05) is 12.7 Å². The molecule has 0 saturated carbocycles. The lowest BCUT2D eigenvalue weighted by Gasteiger charge is -2.43. The molecule has 0 N–H and O–H groups in total. The number of rotatable bonds is 8. The largest absolute Gasteiger partial charge is 0.414 e. The van der Waals surface area contributed by atoms with Crippen molar-refractivity contribution in [3.63, 3.8) is 0 Å². The Balaban J connectivity index is 2.29. The predicted molar refractivity (Wildman–Crippen MR) is 136 cm³/mol. The Morgan fingerprint density at radius 2 is 1.17 bits per heavy atom. The van der Waals surface area contributed by atoms with Crippen molar-refractivity contribution in [3.8, 4) is 0 Å². The topological polar surface area (TPSA) is 18.5 Å². The van der Waals surface area contributed by atoms with Gasteiger partial charge in [0.25, 0.3) is 8.32 Å². The molecule has 4 heteroatoms. The standard InChI is InChI=1S/C26H42O2Si2/c1-22(28-29(8,9)25(2,3)4)20-21-27-30(26(5,6)7,23-16-12-10-13-17-23)24-18-14-11-15-19-24/h10-19,22H,20-21H2,1-9H3. The van der Waals surface area contributed by atoms with Crippen LogP contribution in [0.4, 0.5) is 0 Å². The summed E-state index contributed by atoms with van der Waals surface area (Å²) < 4.78 is 13.6. The average molecular weight is 443 g/mol. The van der Waals surface area contributed by atoms with Crippen molar-refractivity contribution in [3.05, 3.63) is 60.7 Å². The maximum atomic E-state index is 7.01. The highest BCUT2D eigenvalue weighted by Crippen LogP contribution is 2.38. The summed E-state index contributed by atoms with van der Waals surface area (Å²) in [6.45, 7) is 21.4. The van der Waals surface area contributed by atoms with E-state index in [0.29, 0.717) is 6.61 Å². The zero-order valence-electron chi connectivity index (χ0n) is 20.6. The molecule has 1 atom stereocenters. The molecule has 0 aliphatic rings. The first kappa shape index (κ1) is 25.1. The van der Waals surface area contributed by atoms with Crippen molar-refractivity contribution in [2.24, 2.45) is 0 Å². The minimum Gasteiger partial charge on any atom is -0.414 e. The molecule has 0 aliphatic heterocycles. The van der Waals surface area contributed by atoms with Gasteiger partial charge in [-0.05, 0) is 46.9 Å². The van der Waals surface area contributed by atoms with Crippen LogP contribution < -0.4 is 10.4 Å². The Labute approximate surface area is 187 Å². The van der Waals surface area contributed by atoms with Crippen LogP contribution in [0.1, 0.15) is 54.9 Å². The maximum Gasteiger partial charge on any atom is 0.261 e. The van der Waals surface area contributed by atoms with Crippen LogP contribution in [0.15, 0.2) is 60.7 Å². The lowest BCUT2D eigenvalue weighted by atomic mass is 10.2. The third-order valence-electron chi connectivity index (χ3n) is 6.56. The summed E-state index contributed by atoms with van der Waals surface area (Å²) in [6, 6.07) is 21.7. The van der Waals surface area contributed by atoms with Crippen LogP contribution in [0.2, 0.25) is 23.2 Å².